The molecule has 3 atom stereocenters. The standard InChI is InChI=1S/C39H40F5N3O5/c1-24-8-5-6-11-33(24)51-30-18-12-27(13-19-30)21-46(4)22-34-25(2)20-47(26(3)23-48)36(49)31-9-7-10-32(35(31)52-34)45-37(50)38(40,41)28-14-16-29(17-15-28)39(42,43)44/h5-19,25-26,34,48H,20-23H2,1-4H3,(H,45,50)/t25-,26+,34-/m1/s1. The lowest BCUT2D eigenvalue weighted by molar-refractivity contribution is -0.141. The molecule has 0 saturated heterocycles. The summed E-state index contributed by atoms with van der Waals surface area (Å²) in [5, 5.41) is 12.1. The van der Waals surface area contributed by atoms with Crippen LogP contribution in [-0.2, 0) is 23.4 Å². The molecule has 0 radical (unpaired) electrons. The number of carbonyl (C=O) groups excluding carboxylic acids is 2. The molecule has 0 unspecified atom stereocenters. The third kappa shape index (κ3) is 8.71. The van der Waals surface area contributed by atoms with E-state index in [4.69, 9.17) is 9.47 Å². The van der Waals surface area contributed by atoms with Crippen molar-refractivity contribution in [3.8, 4) is 17.2 Å². The van der Waals surface area contributed by atoms with Gasteiger partial charge in [-0.1, -0.05) is 55.5 Å². The minimum absolute atomic E-state index is 0.0141. The van der Waals surface area contributed by atoms with Gasteiger partial charge in [0.1, 0.15) is 17.6 Å². The number of likely N-dealkylation sites (N-methyl/N-ethyl adjacent to an activating group) is 1. The van der Waals surface area contributed by atoms with Crippen molar-refractivity contribution in [3.05, 3.63) is 119 Å². The van der Waals surface area contributed by atoms with Crippen molar-refractivity contribution < 1.29 is 46.1 Å². The summed E-state index contributed by atoms with van der Waals surface area (Å²) in [4.78, 5) is 30.3. The lowest BCUT2D eigenvalue weighted by Gasteiger charge is -2.38. The third-order valence-corrected chi connectivity index (χ3v) is 8.99. The van der Waals surface area contributed by atoms with Crippen LogP contribution in [0.1, 0.15) is 46.5 Å². The number of amides is 2. The highest BCUT2D eigenvalue weighted by atomic mass is 19.4. The molecular formula is C39H40F5N3O5. The highest BCUT2D eigenvalue weighted by Crippen LogP contribution is 2.38. The van der Waals surface area contributed by atoms with Gasteiger partial charge in [-0.25, -0.2) is 0 Å². The van der Waals surface area contributed by atoms with E-state index in [0.717, 1.165) is 16.9 Å². The number of alkyl halides is 5. The van der Waals surface area contributed by atoms with Gasteiger partial charge in [0.15, 0.2) is 5.75 Å². The Kier molecular flexibility index (Phi) is 11.5. The van der Waals surface area contributed by atoms with Crippen LogP contribution in [-0.4, -0.2) is 65.6 Å². The van der Waals surface area contributed by atoms with Gasteiger partial charge < -0.3 is 24.8 Å². The van der Waals surface area contributed by atoms with E-state index in [0.29, 0.717) is 43.1 Å². The highest BCUT2D eigenvalue weighted by Gasteiger charge is 2.43. The van der Waals surface area contributed by atoms with E-state index in [1.54, 1.807) is 6.92 Å². The number of benzene rings is 4. The number of rotatable bonds is 11. The van der Waals surface area contributed by atoms with Gasteiger partial charge in [-0.3, -0.25) is 14.5 Å². The molecule has 0 aliphatic carbocycles. The number of hydrogen-bond donors (Lipinski definition) is 2. The largest absolute Gasteiger partial charge is 0.486 e. The monoisotopic (exact) mass is 725 g/mol. The van der Waals surface area contributed by atoms with Gasteiger partial charge >= 0.3 is 12.1 Å². The zero-order valence-electron chi connectivity index (χ0n) is 29.1. The Labute approximate surface area is 298 Å². The molecule has 0 bridgehead atoms. The molecule has 2 N–H and O–H groups in total. The summed E-state index contributed by atoms with van der Waals surface area (Å²) in [5.74, 6) is -5.62. The van der Waals surface area contributed by atoms with Crippen molar-refractivity contribution in [1.82, 2.24) is 9.80 Å². The highest BCUT2D eigenvalue weighted by molar-refractivity contribution is 6.03. The summed E-state index contributed by atoms with van der Waals surface area (Å²) in [6, 6.07) is 20.9. The molecule has 276 valence electrons. The summed E-state index contributed by atoms with van der Waals surface area (Å²) in [6.45, 7) is 6.20. The molecule has 0 saturated carbocycles. The number of nitrogens with one attached hydrogen (secondary N) is 1. The van der Waals surface area contributed by atoms with Gasteiger partial charge in [0, 0.05) is 31.1 Å². The summed E-state index contributed by atoms with van der Waals surface area (Å²) >= 11 is 0. The number of aliphatic hydroxyl groups excluding tert-OH is 1. The Morgan fingerprint density at radius 3 is 2.27 bits per heavy atom. The van der Waals surface area contributed by atoms with E-state index in [9.17, 15) is 27.9 Å². The molecule has 0 aromatic heterocycles. The summed E-state index contributed by atoms with van der Waals surface area (Å²) in [6.07, 6.45) is -5.37. The summed E-state index contributed by atoms with van der Waals surface area (Å²) in [5.41, 5.74) is -0.336. The molecule has 2 amide bonds. The van der Waals surface area contributed by atoms with Gasteiger partial charge in [0.25, 0.3) is 11.8 Å². The van der Waals surface area contributed by atoms with Gasteiger partial charge in [-0.15, -0.1) is 0 Å². The van der Waals surface area contributed by atoms with Crippen LogP contribution in [0, 0.1) is 12.8 Å². The lowest BCUT2D eigenvalue weighted by Crippen LogP contribution is -2.49. The van der Waals surface area contributed by atoms with Crippen LogP contribution < -0.4 is 14.8 Å². The van der Waals surface area contributed by atoms with E-state index in [-0.39, 0.29) is 36.1 Å². The zero-order chi connectivity index (χ0) is 37.8. The van der Waals surface area contributed by atoms with Gasteiger partial charge in [0.05, 0.1) is 29.5 Å². The number of ether oxygens (including phenoxy) is 2. The molecule has 5 rings (SSSR count). The smallest absolute Gasteiger partial charge is 0.416 e. The predicted molar refractivity (Wildman–Crippen MR) is 186 cm³/mol. The molecule has 4 aromatic carbocycles. The number of para-hydroxylation sites is 2. The van der Waals surface area contributed by atoms with Gasteiger partial charge in [0.2, 0.25) is 0 Å². The van der Waals surface area contributed by atoms with E-state index < -0.39 is 47.2 Å². The SMILES string of the molecule is Cc1ccccc1Oc1ccc(CN(C)C[C@H]2Oc3c(NC(=O)C(F)(F)c4ccc(C(F)(F)F)cc4)cccc3C(=O)N([C@@H](C)CO)C[C@H]2C)cc1. The summed E-state index contributed by atoms with van der Waals surface area (Å²) in [7, 11) is 1.88. The Morgan fingerprint density at radius 1 is 0.981 bits per heavy atom. The molecule has 52 heavy (non-hydrogen) atoms. The Balaban J connectivity index is 1.38. The van der Waals surface area contributed by atoms with Crippen molar-refractivity contribution in [2.75, 3.05) is 32.1 Å². The van der Waals surface area contributed by atoms with Gasteiger partial charge in [-0.2, -0.15) is 22.0 Å². The first-order chi connectivity index (χ1) is 24.6. The van der Waals surface area contributed by atoms with Gasteiger partial charge in [-0.05, 0) is 74.5 Å². The second kappa shape index (κ2) is 15.7. The Bertz CT molecular complexity index is 1870. The first-order valence-corrected chi connectivity index (χ1v) is 16.7. The van der Waals surface area contributed by atoms with Crippen molar-refractivity contribution >= 4 is 17.5 Å². The second-order valence-electron chi connectivity index (χ2n) is 13.1. The van der Waals surface area contributed by atoms with Crippen LogP contribution in [0.3, 0.4) is 0 Å². The maximum absolute atomic E-state index is 15.3. The average Bonchev–Trinajstić information content (AvgIpc) is 3.11. The first-order valence-electron chi connectivity index (χ1n) is 16.7. The maximum Gasteiger partial charge on any atom is 0.416 e. The molecule has 1 aliphatic heterocycles. The average molecular weight is 726 g/mol. The normalized spacial score (nSPS) is 17.1. The van der Waals surface area contributed by atoms with Crippen LogP contribution in [0.25, 0.3) is 0 Å². The fourth-order valence-corrected chi connectivity index (χ4v) is 5.90. The van der Waals surface area contributed by atoms with E-state index >= 15 is 8.78 Å². The van der Waals surface area contributed by atoms with E-state index in [1.165, 1.54) is 23.1 Å². The number of anilines is 1. The van der Waals surface area contributed by atoms with Crippen molar-refractivity contribution in [3.63, 3.8) is 0 Å². The Hall–Kier alpha value is -5.01. The number of halogens is 5. The topological polar surface area (TPSA) is 91.3 Å². The fourth-order valence-electron chi connectivity index (χ4n) is 5.90. The molecule has 0 spiro atoms. The number of hydrogen-bond acceptors (Lipinski definition) is 6. The molecule has 1 heterocycles. The van der Waals surface area contributed by atoms with Crippen molar-refractivity contribution in [2.45, 2.75) is 51.6 Å². The third-order valence-electron chi connectivity index (χ3n) is 8.99. The number of carbonyl (C=O) groups is 2. The predicted octanol–water partition coefficient (Wildman–Crippen LogP) is 7.89. The quantitative estimate of drug-likeness (QED) is 0.153. The number of aryl methyl sites for hydroxylation is 1. The Morgan fingerprint density at radius 2 is 1.63 bits per heavy atom. The van der Waals surface area contributed by atoms with E-state index in [2.05, 4.69) is 5.32 Å². The minimum Gasteiger partial charge on any atom is -0.486 e. The second-order valence-corrected chi connectivity index (χ2v) is 13.1. The number of aliphatic hydroxyl groups is 1. The number of nitrogens with zero attached hydrogens (tertiary/aromatic N) is 2. The molecule has 13 heteroatoms. The van der Waals surface area contributed by atoms with Crippen molar-refractivity contribution in [1.29, 1.82) is 0 Å². The molecule has 8 nitrogen and oxygen atoms in total. The van der Waals surface area contributed by atoms with Crippen LogP contribution in [0.5, 0.6) is 17.2 Å². The minimum atomic E-state index is -4.75. The maximum atomic E-state index is 15.3. The molecule has 0 fully saturated rings. The van der Waals surface area contributed by atoms with Crippen molar-refractivity contribution in [2.24, 2.45) is 5.92 Å². The molecule has 1 aliphatic rings. The fraction of sp³-hybridized carbons (Fsp3) is 0.333. The number of fused-ring (bicyclic) bond motifs is 1. The molecular weight excluding hydrogens is 685 g/mol. The molecule has 4 aromatic rings. The first kappa shape index (κ1) is 38.2. The summed E-state index contributed by atoms with van der Waals surface area (Å²) < 4.78 is 82.2. The zero-order valence-corrected chi connectivity index (χ0v) is 29.1. The van der Waals surface area contributed by atoms with Crippen LogP contribution in [0.4, 0.5) is 27.6 Å². The van der Waals surface area contributed by atoms with Crippen LogP contribution in [0.15, 0.2) is 91.0 Å². The van der Waals surface area contributed by atoms with E-state index in [1.807, 2.05) is 74.3 Å². The van der Waals surface area contributed by atoms with Crippen LogP contribution >= 0.6 is 0 Å². The van der Waals surface area contributed by atoms with Crippen LogP contribution in [0.2, 0.25) is 0 Å². The lowest BCUT2D eigenvalue weighted by atomic mass is 9.98.